The van der Waals surface area contributed by atoms with Gasteiger partial charge in [0.25, 0.3) is 0 Å². The van der Waals surface area contributed by atoms with Gasteiger partial charge in [-0.25, -0.2) is 9.38 Å². The van der Waals surface area contributed by atoms with Crippen LogP contribution in [0.1, 0.15) is 19.8 Å². The highest BCUT2D eigenvalue weighted by atomic mass is 35.5. The number of piperidine rings is 1. The van der Waals surface area contributed by atoms with E-state index in [1.165, 1.54) is 17.8 Å². The first kappa shape index (κ1) is 21.6. The summed E-state index contributed by atoms with van der Waals surface area (Å²) in [7, 11) is 1.68. The fourth-order valence-electron chi connectivity index (χ4n) is 3.54. The number of ether oxygens (including phenoxy) is 1. The van der Waals surface area contributed by atoms with E-state index in [0.29, 0.717) is 17.6 Å². The standard InChI is InChI=1S/C21H26ClFN4OS/c1-14(24-21(26-29)25-16-3-8-19(22)20(23)13-16)15-9-11-27(12-10-15)17-4-6-18(28-2)7-5-17/h3-8,13-15,29H,9-12H2,1-2H3,(H2,24,25,26). The van der Waals surface area contributed by atoms with Gasteiger partial charge in [-0.2, -0.15) is 0 Å². The molecule has 0 bridgehead atoms. The monoisotopic (exact) mass is 436 g/mol. The van der Waals surface area contributed by atoms with Crippen LogP contribution >= 0.6 is 24.4 Å². The van der Waals surface area contributed by atoms with Gasteiger partial charge < -0.3 is 19.7 Å². The fraction of sp³-hybridized carbons (Fsp3) is 0.381. The Labute approximate surface area is 181 Å². The molecule has 0 spiro atoms. The number of thiol groups is 1. The van der Waals surface area contributed by atoms with Crippen LogP contribution in [0.4, 0.5) is 15.8 Å². The predicted octanol–water partition coefficient (Wildman–Crippen LogP) is 5.00. The highest BCUT2D eigenvalue weighted by Crippen LogP contribution is 2.28. The average molecular weight is 437 g/mol. The smallest absolute Gasteiger partial charge is 0.206 e. The second-order valence-corrected chi connectivity index (χ2v) is 7.74. The van der Waals surface area contributed by atoms with Crippen molar-refractivity contribution in [3.8, 4) is 5.75 Å². The molecule has 2 aromatic rings. The van der Waals surface area contributed by atoms with E-state index >= 15 is 0 Å². The number of hydrogen-bond donors (Lipinski definition) is 3. The van der Waals surface area contributed by atoms with Crippen molar-refractivity contribution < 1.29 is 9.13 Å². The zero-order valence-corrected chi connectivity index (χ0v) is 18.2. The van der Waals surface area contributed by atoms with Gasteiger partial charge in [0.1, 0.15) is 11.6 Å². The lowest BCUT2D eigenvalue weighted by Crippen LogP contribution is -2.37. The van der Waals surface area contributed by atoms with Gasteiger partial charge >= 0.3 is 0 Å². The molecule has 1 atom stereocenters. The first-order chi connectivity index (χ1) is 14.0. The largest absolute Gasteiger partial charge is 0.497 e. The van der Waals surface area contributed by atoms with E-state index in [9.17, 15) is 4.39 Å². The molecule has 0 aromatic heterocycles. The molecule has 0 aliphatic carbocycles. The molecule has 2 aromatic carbocycles. The van der Waals surface area contributed by atoms with Crippen molar-refractivity contribution in [2.45, 2.75) is 25.8 Å². The summed E-state index contributed by atoms with van der Waals surface area (Å²) in [6.45, 7) is 4.07. The fourth-order valence-corrected chi connectivity index (χ4v) is 3.77. The molecule has 0 saturated carbocycles. The second kappa shape index (κ2) is 10.1. The number of aliphatic imine (C=N–C) groups is 1. The van der Waals surface area contributed by atoms with Gasteiger partial charge in [-0.15, -0.1) is 0 Å². The molecule has 156 valence electrons. The van der Waals surface area contributed by atoms with Crippen LogP contribution in [-0.2, 0) is 0 Å². The first-order valence-electron chi connectivity index (χ1n) is 9.59. The van der Waals surface area contributed by atoms with Crippen LogP contribution in [-0.4, -0.2) is 32.2 Å². The number of guanidine groups is 1. The van der Waals surface area contributed by atoms with Gasteiger partial charge in [-0.1, -0.05) is 24.4 Å². The van der Waals surface area contributed by atoms with E-state index in [1.54, 1.807) is 13.2 Å². The molecular weight excluding hydrogens is 411 g/mol. The zero-order chi connectivity index (χ0) is 20.8. The molecule has 3 rings (SSSR count). The third-order valence-corrected chi connectivity index (χ3v) is 5.80. The van der Waals surface area contributed by atoms with Crippen LogP contribution in [0, 0.1) is 11.7 Å². The summed E-state index contributed by atoms with van der Waals surface area (Å²) in [5.74, 6) is 1.34. The molecule has 1 fully saturated rings. The summed E-state index contributed by atoms with van der Waals surface area (Å²) in [6.07, 6.45) is 2.10. The highest BCUT2D eigenvalue weighted by Gasteiger charge is 2.24. The van der Waals surface area contributed by atoms with E-state index in [2.05, 4.69) is 46.8 Å². The Morgan fingerprint density at radius 2 is 1.93 bits per heavy atom. The van der Waals surface area contributed by atoms with Crippen LogP contribution in [0.5, 0.6) is 5.75 Å². The minimum atomic E-state index is -0.478. The van der Waals surface area contributed by atoms with Crippen molar-refractivity contribution >= 4 is 41.8 Å². The topological polar surface area (TPSA) is 48.9 Å². The summed E-state index contributed by atoms with van der Waals surface area (Å²) in [5, 5.41) is 3.14. The second-order valence-electron chi connectivity index (χ2n) is 7.11. The lowest BCUT2D eigenvalue weighted by atomic mass is 9.90. The molecule has 1 aliphatic rings. The summed E-state index contributed by atoms with van der Waals surface area (Å²) in [6, 6.07) is 12.8. The summed E-state index contributed by atoms with van der Waals surface area (Å²) < 4.78 is 21.6. The van der Waals surface area contributed by atoms with Crippen molar-refractivity contribution in [2.24, 2.45) is 10.9 Å². The lowest BCUT2D eigenvalue weighted by Gasteiger charge is -2.35. The van der Waals surface area contributed by atoms with Crippen molar-refractivity contribution in [1.82, 2.24) is 4.72 Å². The summed E-state index contributed by atoms with van der Waals surface area (Å²) >= 11 is 9.86. The molecule has 5 nitrogen and oxygen atoms in total. The molecule has 1 heterocycles. The first-order valence-corrected chi connectivity index (χ1v) is 10.4. The predicted molar refractivity (Wildman–Crippen MR) is 122 cm³/mol. The molecule has 1 saturated heterocycles. The number of halogens is 2. The molecule has 0 amide bonds. The zero-order valence-electron chi connectivity index (χ0n) is 16.5. The van der Waals surface area contributed by atoms with Crippen molar-refractivity contribution in [2.75, 3.05) is 30.4 Å². The van der Waals surface area contributed by atoms with Gasteiger partial charge in [0, 0.05) is 24.5 Å². The van der Waals surface area contributed by atoms with Crippen molar-refractivity contribution in [1.29, 1.82) is 0 Å². The quantitative estimate of drug-likeness (QED) is 0.351. The van der Waals surface area contributed by atoms with Crippen LogP contribution in [0.3, 0.4) is 0 Å². The molecule has 2 N–H and O–H groups in total. The third-order valence-electron chi connectivity index (χ3n) is 5.28. The number of anilines is 2. The van der Waals surface area contributed by atoms with E-state index in [1.807, 2.05) is 12.1 Å². The lowest BCUT2D eigenvalue weighted by molar-refractivity contribution is 0.355. The number of benzene rings is 2. The Morgan fingerprint density at radius 1 is 1.24 bits per heavy atom. The Morgan fingerprint density at radius 3 is 2.52 bits per heavy atom. The van der Waals surface area contributed by atoms with Crippen LogP contribution in [0.2, 0.25) is 5.02 Å². The highest BCUT2D eigenvalue weighted by molar-refractivity contribution is 7.78. The van der Waals surface area contributed by atoms with Gasteiger partial charge in [-0.3, -0.25) is 0 Å². The van der Waals surface area contributed by atoms with Crippen LogP contribution in [0.15, 0.2) is 47.5 Å². The van der Waals surface area contributed by atoms with Gasteiger partial charge in [-0.05, 0) is 68.1 Å². The summed E-state index contributed by atoms with van der Waals surface area (Å²) in [4.78, 5) is 7.10. The van der Waals surface area contributed by atoms with E-state index in [0.717, 1.165) is 31.7 Å². The van der Waals surface area contributed by atoms with E-state index in [4.69, 9.17) is 21.3 Å². The SMILES string of the molecule is COc1ccc(N2CCC(C(C)N=C(NS)Nc3ccc(Cl)c(F)c3)CC2)cc1. The number of methoxy groups -OCH3 is 1. The van der Waals surface area contributed by atoms with Crippen molar-refractivity contribution in [3.63, 3.8) is 0 Å². The van der Waals surface area contributed by atoms with Gasteiger partial charge in [0.15, 0.2) is 0 Å². The Kier molecular flexibility index (Phi) is 7.50. The maximum atomic E-state index is 13.6. The summed E-state index contributed by atoms with van der Waals surface area (Å²) in [5.41, 5.74) is 1.78. The maximum absolute atomic E-state index is 13.6. The molecule has 1 unspecified atom stereocenters. The molecule has 29 heavy (non-hydrogen) atoms. The number of nitrogens with zero attached hydrogens (tertiary/aromatic N) is 2. The number of nitrogens with one attached hydrogen (secondary N) is 2. The normalized spacial score (nSPS) is 16.4. The third kappa shape index (κ3) is 5.70. The average Bonchev–Trinajstić information content (AvgIpc) is 2.76. The van der Waals surface area contributed by atoms with E-state index < -0.39 is 5.82 Å². The van der Waals surface area contributed by atoms with Gasteiger partial charge in [0.05, 0.1) is 18.2 Å². The minimum Gasteiger partial charge on any atom is -0.497 e. The van der Waals surface area contributed by atoms with Crippen LogP contribution in [0.25, 0.3) is 0 Å². The molecule has 8 heteroatoms. The van der Waals surface area contributed by atoms with Gasteiger partial charge in [0.2, 0.25) is 5.96 Å². The number of rotatable bonds is 5. The Balaban J connectivity index is 1.58. The Hall–Kier alpha value is -2.12. The minimum absolute atomic E-state index is 0.0878. The van der Waals surface area contributed by atoms with Crippen molar-refractivity contribution in [3.05, 3.63) is 53.3 Å². The molecule has 0 radical (unpaired) electrons. The van der Waals surface area contributed by atoms with E-state index in [-0.39, 0.29) is 11.1 Å². The van der Waals surface area contributed by atoms with Crippen LogP contribution < -0.4 is 19.7 Å². The molecular formula is C21H26ClFN4OS. The molecule has 1 aliphatic heterocycles. The number of hydrogen-bond acceptors (Lipinski definition) is 4. The Bertz CT molecular complexity index is 841. The maximum Gasteiger partial charge on any atom is 0.206 e.